The van der Waals surface area contributed by atoms with E-state index in [4.69, 9.17) is 16.3 Å². The zero-order chi connectivity index (χ0) is 14.1. The van der Waals surface area contributed by atoms with Gasteiger partial charge in [-0.05, 0) is 6.07 Å². The Morgan fingerprint density at radius 1 is 1.20 bits per heavy atom. The summed E-state index contributed by atoms with van der Waals surface area (Å²) in [6.07, 6.45) is 3.13. The van der Waals surface area contributed by atoms with E-state index in [-0.39, 0.29) is 11.6 Å². The molecule has 6 heteroatoms. The monoisotopic (exact) mass is 287 g/mol. The Bertz CT molecular complexity index is 845. The van der Waals surface area contributed by atoms with Crippen LogP contribution in [0, 0.1) is 0 Å². The van der Waals surface area contributed by atoms with Crippen molar-refractivity contribution in [1.29, 1.82) is 0 Å². The summed E-state index contributed by atoms with van der Waals surface area (Å²) in [5.41, 5.74) is 1.56. The predicted octanol–water partition coefficient (Wildman–Crippen LogP) is 2.65. The van der Waals surface area contributed by atoms with E-state index in [9.17, 15) is 4.79 Å². The van der Waals surface area contributed by atoms with E-state index in [0.717, 1.165) is 5.56 Å². The van der Waals surface area contributed by atoms with Gasteiger partial charge < -0.3 is 4.74 Å². The smallest absolute Gasteiger partial charge is 0.296 e. The molecule has 0 radical (unpaired) electrons. The third kappa shape index (κ3) is 2.02. The second-order valence-electron chi connectivity index (χ2n) is 4.14. The van der Waals surface area contributed by atoms with Crippen LogP contribution in [0.15, 0.2) is 41.5 Å². The molecule has 0 unspecified atom stereocenters. The van der Waals surface area contributed by atoms with E-state index in [1.54, 1.807) is 12.3 Å². The van der Waals surface area contributed by atoms with Crippen molar-refractivity contribution < 1.29 is 4.74 Å². The number of ether oxygens (including phenoxy) is 1. The zero-order valence-corrected chi connectivity index (χ0v) is 11.3. The first-order valence-corrected chi connectivity index (χ1v) is 6.25. The molecule has 2 heterocycles. The lowest BCUT2D eigenvalue weighted by Gasteiger charge is -2.07. The molecule has 1 aromatic carbocycles. The van der Waals surface area contributed by atoms with Crippen molar-refractivity contribution in [2.45, 2.75) is 0 Å². The van der Waals surface area contributed by atoms with E-state index in [2.05, 4.69) is 15.0 Å². The topological polar surface area (TPSA) is 67.9 Å². The van der Waals surface area contributed by atoms with Gasteiger partial charge in [-0.1, -0.05) is 29.8 Å². The highest BCUT2D eigenvalue weighted by Gasteiger charge is 2.12. The number of fused-ring (bicyclic) bond motifs is 1. The number of aromatic amines is 1. The van der Waals surface area contributed by atoms with E-state index < -0.39 is 0 Å². The number of benzene rings is 1. The lowest BCUT2D eigenvalue weighted by atomic mass is 10.0. The molecule has 0 saturated carbocycles. The van der Waals surface area contributed by atoms with Gasteiger partial charge in [0.15, 0.2) is 0 Å². The summed E-state index contributed by atoms with van der Waals surface area (Å²) in [4.78, 5) is 23.1. The molecule has 0 aliphatic carbocycles. The number of pyridine rings is 1. The molecule has 100 valence electrons. The number of halogens is 1. The van der Waals surface area contributed by atoms with E-state index in [1.807, 2.05) is 18.2 Å². The lowest BCUT2D eigenvalue weighted by molar-refractivity contribution is 0.380. The maximum atomic E-state index is 12.2. The van der Waals surface area contributed by atoms with Crippen LogP contribution < -0.4 is 10.3 Å². The van der Waals surface area contributed by atoms with Crippen LogP contribution in [-0.2, 0) is 0 Å². The Morgan fingerprint density at radius 2 is 2.00 bits per heavy atom. The highest BCUT2D eigenvalue weighted by atomic mass is 35.5. The van der Waals surface area contributed by atoms with Crippen LogP contribution >= 0.6 is 11.6 Å². The average molecular weight is 288 g/mol. The summed E-state index contributed by atoms with van der Waals surface area (Å²) < 4.78 is 4.95. The first-order chi connectivity index (χ1) is 9.70. The molecule has 0 spiro atoms. The second kappa shape index (κ2) is 4.94. The minimum Gasteiger partial charge on any atom is -0.468 e. The van der Waals surface area contributed by atoms with Gasteiger partial charge in [-0.25, -0.2) is 0 Å². The molecule has 0 fully saturated rings. The molecule has 20 heavy (non-hydrogen) atoms. The van der Waals surface area contributed by atoms with Crippen LogP contribution in [0.1, 0.15) is 0 Å². The predicted molar refractivity (Wildman–Crippen MR) is 77.2 cm³/mol. The van der Waals surface area contributed by atoms with Crippen LogP contribution in [0.4, 0.5) is 0 Å². The van der Waals surface area contributed by atoms with Gasteiger partial charge in [-0.15, -0.1) is 0 Å². The van der Waals surface area contributed by atoms with Crippen LogP contribution in [0.5, 0.6) is 6.01 Å². The fourth-order valence-corrected chi connectivity index (χ4v) is 2.29. The Balaban J connectivity index is 2.38. The van der Waals surface area contributed by atoms with Gasteiger partial charge in [0.05, 0.1) is 18.7 Å². The van der Waals surface area contributed by atoms with Crippen molar-refractivity contribution >= 4 is 22.5 Å². The summed E-state index contributed by atoms with van der Waals surface area (Å²) in [6, 6.07) is 7.44. The van der Waals surface area contributed by atoms with Gasteiger partial charge >= 0.3 is 0 Å². The van der Waals surface area contributed by atoms with Gasteiger partial charge in [0.25, 0.3) is 11.6 Å². The summed E-state index contributed by atoms with van der Waals surface area (Å²) >= 11 is 6.18. The third-order valence-electron chi connectivity index (χ3n) is 2.95. The Morgan fingerprint density at radius 3 is 2.75 bits per heavy atom. The summed E-state index contributed by atoms with van der Waals surface area (Å²) in [7, 11) is 1.44. The molecule has 0 atom stereocenters. The van der Waals surface area contributed by atoms with Gasteiger partial charge in [0, 0.05) is 22.3 Å². The minimum atomic E-state index is -0.288. The van der Waals surface area contributed by atoms with Gasteiger partial charge in [-0.3, -0.25) is 14.8 Å². The fraction of sp³-hybridized carbons (Fsp3) is 0.0714. The van der Waals surface area contributed by atoms with Crippen LogP contribution in [0.25, 0.3) is 22.0 Å². The minimum absolute atomic E-state index is 0.153. The van der Waals surface area contributed by atoms with E-state index >= 15 is 0 Å². The summed E-state index contributed by atoms with van der Waals surface area (Å²) in [6.45, 7) is 0. The van der Waals surface area contributed by atoms with Crippen LogP contribution in [0.2, 0.25) is 5.02 Å². The largest absolute Gasteiger partial charge is 0.468 e. The number of hydrogen-bond donors (Lipinski definition) is 1. The molecule has 0 saturated heterocycles. The number of nitrogens with zero attached hydrogens (tertiary/aromatic N) is 2. The van der Waals surface area contributed by atoms with Crippen LogP contribution in [-0.4, -0.2) is 22.1 Å². The Hall–Kier alpha value is -2.40. The standard InChI is InChI=1S/C14H10ClN3O2/c1-20-14-17-11-7-16-6-9(12(11)13(19)18-14)8-4-2-3-5-10(8)15/h2-7H,1H3,(H,17,18,19). The van der Waals surface area contributed by atoms with Crippen molar-refractivity contribution in [2.75, 3.05) is 7.11 Å². The Labute approximate surface area is 119 Å². The van der Waals surface area contributed by atoms with Gasteiger partial charge in [0.1, 0.15) is 5.52 Å². The van der Waals surface area contributed by atoms with Crippen molar-refractivity contribution in [3.63, 3.8) is 0 Å². The second-order valence-corrected chi connectivity index (χ2v) is 4.54. The molecule has 0 aliphatic rings. The molecular weight excluding hydrogens is 278 g/mol. The van der Waals surface area contributed by atoms with Gasteiger partial charge in [-0.2, -0.15) is 4.98 Å². The first kappa shape index (κ1) is 12.6. The van der Waals surface area contributed by atoms with Crippen molar-refractivity contribution in [3.8, 4) is 17.1 Å². The van der Waals surface area contributed by atoms with E-state index in [1.165, 1.54) is 13.3 Å². The molecule has 5 nitrogen and oxygen atoms in total. The molecule has 0 aliphatic heterocycles. The number of H-pyrrole nitrogens is 1. The molecule has 0 bridgehead atoms. The maximum Gasteiger partial charge on any atom is 0.296 e. The Kier molecular flexibility index (Phi) is 3.12. The summed E-state index contributed by atoms with van der Waals surface area (Å²) in [5, 5.41) is 0.992. The average Bonchev–Trinajstić information content (AvgIpc) is 2.47. The SMILES string of the molecule is COc1nc2cncc(-c3ccccc3Cl)c2c(=O)[nH]1. The quantitative estimate of drug-likeness (QED) is 0.787. The van der Waals surface area contributed by atoms with Crippen molar-refractivity contribution in [1.82, 2.24) is 15.0 Å². The molecule has 1 N–H and O–H groups in total. The molecule has 3 aromatic rings. The zero-order valence-electron chi connectivity index (χ0n) is 10.6. The lowest BCUT2D eigenvalue weighted by Crippen LogP contribution is -2.11. The van der Waals surface area contributed by atoms with E-state index in [0.29, 0.717) is 21.5 Å². The maximum absolute atomic E-state index is 12.2. The highest BCUT2D eigenvalue weighted by Crippen LogP contribution is 2.30. The summed E-state index contributed by atoms with van der Waals surface area (Å²) in [5.74, 6) is 0. The van der Waals surface area contributed by atoms with Gasteiger partial charge in [0.2, 0.25) is 0 Å². The first-order valence-electron chi connectivity index (χ1n) is 5.87. The van der Waals surface area contributed by atoms with Crippen molar-refractivity contribution in [3.05, 3.63) is 52.0 Å². The van der Waals surface area contributed by atoms with Crippen LogP contribution in [0.3, 0.4) is 0 Å². The molecule has 2 aromatic heterocycles. The molecule has 0 amide bonds. The number of methoxy groups -OCH3 is 1. The highest BCUT2D eigenvalue weighted by molar-refractivity contribution is 6.33. The molecular formula is C14H10ClN3O2. The normalized spacial score (nSPS) is 10.7. The third-order valence-corrected chi connectivity index (χ3v) is 3.28. The fourth-order valence-electron chi connectivity index (χ4n) is 2.05. The number of nitrogens with one attached hydrogen (secondary N) is 1. The van der Waals surface area contributed by atoms with Crippen molar-refractivity contribution in [2.24, 2.45) is 0 Å². The number of hydrogen-bond acceptors (Lipinski definition) is 4. The number of aromatic nitrogens is 3. The molecule has 3 rings (SSSR count). The number of rotatable bonds is 2.